The van der Waals surface area contributed by atoms with Gasteiger partial charge in [0.1, 0.15) is 16.9 Å². The summed E-state index contributed by atoms with van der Waals surface area (Å²) in [5.41, 5.74) is 2.25. The van der Waals surface area contributed by atoms with Crippen molar-refractivity contribution < 1.29 is 0 Å². The van der Waals surface area contributed by atoms with Gasteiger partial charge in [-0.15, -0.1) is 0 Å². The Morgan fingerprint density at radius 2 is 1.67 bits per heavy atom. The maximum absolute atomic E-state index is 8.59. The molecule has 0 aliphatic carbocycles. The van der Waals surface area contributed by atoms with Gasteiger partial charge in [-0.25, -0.2) is 9.97 Å². The van der Waals surface area contributed by atoms with Gasteiger partial charge in [0.2, 0.25) is 0 Å². The fourth-order valence-corrected chi connectivity index (χ4v) is 1.29. The molecule has 0 aromatic carbocycles. The minimum Gasteiger partial charge on any atom is -0.245 e. The van der Waals surface area contributed by atoms with Crippen LogP contribution in [-0.4, -0.2) is 9.97 Å². The molecule has 4 heteroatoms. The van der Waals surface area contributed by atoms with Crippen LogP contribution in [0.3, 0.4) is 0 Å². The number of nitrogens with zero attached hydrogens (tertiary/aromatic N) is 3. The lowest BCUT2D eigenvalue weighted by atomic mass is 10.1. The van der Waals surface area contributed by atoms with E-state index in [1.165, 1.54) is 0 Å². The topological polar surface area (TPSA) is 49.6 Å². The maximum Gasteiger partial charge on any atom is 0.140 e. The number of pyridine rings is 2. The van der Waals surface area contributed by atoms with Crippen LogP contribution in [0.15, 0.2) is 36.7 Å². The fourth-order valence-electron chi connectivity index (χ4n) is 1.18. The SMILES string of the molecule is N#Cc1ccc(-c2ccc(Cl)nc2)cn1. The molecule has 0 atom stereocenters. The summed E-state index contributed by atoms with van der Waals surface area (Å²) in [5, 5.41) is 9.05. The Balaban J connectivity index is 2.38. The van der Waals surface area contributed by atoms with Crippen LogP contribution < -0.4 is 0 Å². The predicted molar refractivity (Wildman–Crippen MR) is 57.2 cm³/mol. The third-order valence-electron chi connectivity index (χ3n) is 1.94. The third kappa shape index (κ3) is 2.12. The lowest BCUT2D eigenvalue weighted by Crippen LogP contribution is -1.84. The molecule has 2 aromatic heterocycles. The van der Waals surface area contributed by atoms with Gasteiger partial charge in [0.25, 0.3) is 0 Å². The zero-order valence-electron chi connectivity index (χ0n) is 7.68. The van der Waals surface area contributed by atoms with E-state index in [-0.39, 0.29) is 0 Å². The monoisotopic (exact) mass is 215 g/mol. The van der Waals surface area contributed by atoms with E-state index in [1.807, 2.05) is 18.2 Å². The first kappa shape index (κ1) is 9.63. The third-order valence-corrected chi connectivity index (χ3v) is 2.16. The smallest absolute Gasteiger partial charge is 0.140 e. The van der Waals surface area contributed by atoms with Crippen LogP contribution in [0.4, 0.5) is 0 Å². The van der Waals surface area contributed by atoms with E-state index < -0.39 is 0 Å². The first-order chi connectivity index (χ1) is 7.29. The lowest BCUT2D eigenvalue weighted by molar-refractivity contribution is 1.26. The molecule has 0 radical (unpaired) electrons. The summed E-state index contributed by atoms with van der Waals surface area (Å²) >= 11 is 5.68. The molecule has 2 rings (SSSR count). The molecule has 2 heterocycles. The molecule has 0 saturated carbocycles. The zero-order chi connectivity index (χ0) is 10.7. The van der Waals surface area contributed by atoms with Crippen LogP contribution in [0, 0.1) is 11.3 Å². The van der Waals surface area contributed by atoms with E-state index in [2.05, 4.69) is 9.97 Å². The van der Waals surface area contributed by atoms with Crippen molar-refractivity contribution in [3.8, 4) is 17.2 Å². The Kier molecular flexibility index (Phi) is 2.61. The predicted octanol–water partition coefficient (Wildman–Crippen LogP) is 2.67. The summed E-state index contributed by atoms with van der Waals surface area (Å²) in [7, 11) is 0. The van der Waals surface area contributed by atoms with Crippen molar-refractivity contribution >= 4 is 11.6 Å². The van der Waals surface area contributed by atoms with Crippen molar-refractivity contribution in [3.05, 3.63) is 47.5 Å². The second-order valence-electron chi connectivity index (χ2n) is 2.91. The second kappa shape index (κ2) is 4.07. The minimum absolute atomic E-state index is 0.403. The van der Waals surface area contributed by atoms with Crippen molar-refractivity contribution in [1.29, 1.82) is 5.26 Å². The van der Waals surface area contributed by atoms with Gasteiger partial charge >= 0.3 is 0 Å². The highest BCUT2D eigenvalue weighted by Crippen LogP contribution is 2.18. The number of hydrogen-bond acceptors (Lipinski definition) is 3. The van der Waals surface area contributed by atoms with Gasteiger partial charge in [0.15, 0.2) is 0 Å². The van der Waals surface area contributed by atoms with E-state index in [4.69, 9.17) is 16.9 Å². The second-order valence-corrected chi connectivity index (χ2v) is 3.30. The highest BCUT2D eigenvalue weighted by molar-refractivity contribution is 6.29. The molecule has 0 N–H and O–H groups in total. The minimum atomic E-state index is 0.403. The van der Waals surface area contributed by atoms with Gasteiger partial charge in [0.05, 0.1) is 0 Å². The van der Waals surface area contributed by atoms with E-state index in [0.29, 0.717) is 10.8 Å². The maximum atomic E-state index is 8.59. The van der Waals surface area contributed by atoms with Crippen LogP contribution in [-0.2, 0) is 0 Å². The van der Waals surface area contributed by atoms with Crippen molar-refractivity contribution in [1.82, 2.24) is 9.97 Å². The molecular formula is C11H6ClN3. The van der Waals surface area contributed by atoms with Gasteiger partial charge in [-0.3, -0.25) is 0 Å². The van der Waals surface area contributed by atoms with Gasteiger partial charge < -0.3 is 0 Å². The highest BCUT2D eigenvalue weighted by Gasteiger charge is 1.99. The molecule has 0 aliphatic heterocycles. The molecule has 0 amide bonds. The number of halogens is 1. The standard InChI is InChI=1S/C11H6ClN3/c12-11-4-2-9(7-15-11)8-1-3-10(5-13)14-6-8/h1-4,6-7H. The molecule has 2 aromatic rings. The summed E-state index contributed by atoms with van der Waals surface area (Å²) in [6, 6.07) is 9.04. The van der Waals surface area contributed by atoms with E-state index in [1.54, 1.807) is 24.5 Å². The molecule has 0 bridgehead atoms. The molecule has 0 fully saturated rings. The summed E-state index contributed by atoms with van der Waals surface area (Å²) < 4.78 is 0. The summed E-state index contributed by atoms with van der Waals surface area (Å²) in [6.45, 7) is 0. The average molecular weight is 216 g/mol. The Morgan fingerprint density at radius 3 is 2.13 bits per heavy atom. The summed E-state index contributed by atoms with van der Waals surface area (Å²) in [5.74, 6) is 0. The number of hydrogen-bond donors (Lipinski definition) is 0. The van der Waals surface area contributed by atoms with Crippen LogP contribution in [0.1, 0.15) is 5.69 Å². The largest absolute Gasteiger partial charge is 0.245 e. The van der Waals surface area contributed by atoms with Gasteiger partial charge in [-0.2, -0.15) is 5.26 Å². The Labute approximate surface area is 92.0 Å². The Bertz CT molecular complexity index is 497. The van der Waals surface area contributed by atoms with Gasteiger partial charge in [-0.05, 0) is 24.3 Å². The molecule has 0 aliphatic rings. The normalized spacial score (nSPS) is 9.60. The number of nitriles is 1. The molecule has 15 heavy (non-hydrogen) atoms. The molecule has 3 nitrogen and oxygen atoms in total. The fraction of sp³-hybridized carbons (Fsp3) is 0. The van der Waals surface area contributed by atoms with E-state index >= 15 is 0 Å². The molecule has 0 unspecified atom stereocenters. The summed E-state index contributed by atoms with van der Waals surface area (Å²) in [6.07, 6.45) is 3.31. The van der Waals surface area contributed by atoms with Crippen molar-refractivity contribution in [3.63, 3.8) is 0 Å². The lowest BCUT2D eigenvalue weighted by Gasteiger charge is -1.99. The van der Waals surface area contributed by atoms with Crippen LogP contribution in [0.5, 0.6) is 0 Å². The van der Waals surface area contributed by atoms with Crippen molar-refractivity contribution in [2.24, 2.45) is 0 Å². The van der Waals surface area contributed by atoms with Crippen LogP contribution in [0.25, 0.3) is 11.1 Å². The Morgan fingerprint density at radius 1 is 1.00 bits per heavy atom. The molecule has 0 saturated heterocycles. The Hall–Kier alpha value is -1.92. The molecule has 72 valence electrons. The number of aromatic nitrogens is 2. The number of rotatable bonds is 1. The molecule has 0 spiro atoms. The van der Waals surface area contributed by atoms with Crippen LogP contribution >= 0.6 is 11.6 Å². The first-order valence-corrected chi connectivity index (χ1v) is 4.65. The van der Waals surface area contributed by atoms with E-state index in [9.17, 15) is 0 Å². The zero-order valence-corrected chi connectivity index (χ0v) is 8.44. The van der Waals surface area contributed by atoms with Gasteiger partial charge in [-0.1, -0.05) is 11.6 Å². The summed E-state index contributed by atoms with van der Waals surface area (Å²) in [4.78, 5) is 7.94. The van der Waals surface area contributed by atoms with Gasteiger partial charge in [0, 0.05) is 23.5 Å². The molecular weight excluding hydrogens is 210 g/mol. The van der Waals surface area contributed by atoms with Crippen molar-refractivity contribution in [2.75, 3.05) is 0 Å². The van der Waals surface area contributed by atoms with E-state index in [0.717, 1.165) is 11.1 Å². The quantitative estimate of drug-likeness (QED) is 0.688. The average Bonchev–Trinajstić information content (AvgIpc) is 2.30. The first-order valence-electron chi connectivity index (χ1n) is 4.27. The van der Waals surface area contributed by atoms with Crippen LogP contribution in [0.2, 0.25) is 5.15 Å². The highest BCUT2D eigenvalue weighted by atomic mass is 35.5. The van der Waals surface area contributed by atoms with Crippen molar-refractivity contribution in [2.45, 2.75) is 0 Å².